The summed E-state index contributed by atoms with van der Waals surface area (Å²) in [6, 6.07) is 1.80. The molecular weight excluding hydrogens is 154 g/mol. The Hall–Kier alpha value is -0.870. The number of hydrogen-bond donors (Lipinski definition) is 1. The second-order valence-corrected chi connectivity index (χ2v) is 2.68. The molecule has 0 saturated carbocycles. The molecule has 0 fully saturated rings. The summed E-state index contributed by atoms with van der Waals surface area (Å²) in [4.78, 5) is 0. The summed E-state index contributed by atoms with van der Waals surface area (Å²) >= 11 is 0. The van der Waals surface area contributed by atoms with E-state index in [9.17, 15) is 0 Å². The van der Waals surface area contributed by atoms with Gasteiger partial charge in [-0.25, -0.2) is 0 Å². The molecule has 0 spiro atoms. The molecule has 1 heterocycles. The van der Waals surface area contributed by atoms with Gasteiger partial charge in [0.2, 0.25) is 0 Å². The summed E-state index contributed by atoms with van der Waals surface area (Å²) in [5.74, 6) is 0. The van der Waals surface area contributed by atoms with E-state index < -0.39 is 0 Å². The predicted molar refractivity (Wildman–Crippen MR) is 46.6 cm³/mol. The van der Waals surface area contributed by atoms with Crippen LogP contribution >= 0.6 is 0 Å². The Balaban J connectivity index is 2.47. The molecule has 0 aliphatic rings. The van der Waals surface area contributed by atoms with Crippen LogP contribution in [0.2, 0.25) is 0 Å². The molecular formula is C8H15N3O. The lowest BCUT2D eigenvalue weighted by atomic mass is 10.2. The molecule has 12 heavy (non-hydrogen) atoms. The van der Waals surface area contributed by atoms with Crippen LogP contribution in [0, 0.1) is 0 Å². The Bertz CT molecular complexity index is 234. The number of nitrogens with two attached hydrogens (primary N) is 1. The van der Waals surface area contributed by atoms with Crippen LogP contribution in [-0.2, 0) is 11.8 Å². The fourth-order valence-corrected chi connectivity index (χ4v) is 0.961. The molecule has 1 aromatic rings. The maximum Gasteiger partial charge on any atom is 0.0815 e. The van der Waals surface area contributed by atoms with E-state index >= 15 is 0 Å². The van der Waals surface area contributed by atoms with Crippen molar-refractivity contribution < 1.29 is 4.74 Å². The molecule has 0 aromatic carbocycles. The molecule has 4 nitrogen and oxygen atoms in total. The lowest BCUT2D eigenvalue weighted by Gasteiger charge is -2.07. The molecule has 0 bridgehead atoms. The molecule has 1 aromatic heterocycles. The van der Waals surface area contributed by atoms with E-state index in [1.165, 1.54) is 0 Å². The molecule has 68 valence electrons. The van der Waals surface area contributed by atoms with Crippen LogP contribution in [0.1, 0.15) is 18.7 Å². The first-order valence-electron chi connectivity index (χ1n) is 4.07. The number of hydrogen-bond acceptors (Lipinski definition) is 3. The molecule has 0 aliphatic carbocycles. The average Bonchev–Trinajstić information content (AvgIpc) is 2.47. The first kappa shape index (κ1) is 9.22. The first-order chi connectivity index (χ1) is 5.74. The van der Waals surface area contributed by atoms with E-state index in [0.717, 1.165) is 5.69 Å². The Morgan fingerprint density at radius 3 is 3.00 bits per heavy atom. The van der Waals surface area contributed by atoms with E-state index in [0.29, 0.717) is 13.2 Å². The highest BCUT2D eigenvalue weighted by Crippen LogP contribution is 2.06. The summed E-state index contributed by atoms with van der Waals surface area (Å²) in [5.41, 5.74) is 6.67. The third-order valence-corrected chi connectivity index (χ3v) is 1.62. The first-order valence-corrected chi connectivity index (χ1v) is 4.07. The molecule has 2 N–H and O–H groups in total. The Morgan fingerprint density at radius 2 is 2.50 bits per heavy atom. The van der Waals surface area contributed by atoms with E-state index in [1.807, 2.05) is 26.2 Å². The average molecular weight is 169 g/mol. The summed E-state index contributed by atoms with van der Waals surface area (Å²) in [6.45, 7) is 3.18. The van der Waals surface area contributed by atoms with E-state index in [1.54, 1.807) is 4.68 Å². The number of aryl methyl sites for hydroxylation is 1. The minimum atomic E-state index is -0.105. The SMILES string of the molecule is CCOCC(N)c1ccn(C)n1. The van der Waals surface area contributed by atoms with Crippen LogP contribution < -0.4 is 5.73 Å². The van der Waals surface area contributed by atoms with Gasteiger partial charge in [0.15, 0.2) is 0 Å². The highest BCUT2D eigenvalue weighted by Gasteiger charge is 2.07. The van der Waals surface area contributed by atoms with Crippen molar-refractivity contribution in [2.24, 2.45) is 12.8 Å². The topological polar surface area (TPSA) is 53.1 Å². The second-order valence-electron chi connectivity index (χ2n) is 2.68. The van der Waals surface area contributed by atoms with Gasteiger partial charge in [-0.1, -0.05) is 0 Å². The van der Waals surface area contributed by atoms with Gasteiger partial charge in [0.1, 0.15) is 0 Å². The molecule has 1 unspecified atom stereocenters. The standard InChI is InChI=1S/C8H15N3O/c1-3-12-6-7(9)8-4-5-11(2)10-8/h4-5,7H,3,6,9H2,1-2H3. The summed E-state index contributed by atoms with van der Waals surface area (Å²) < 4.78 is 6.92. The molecule has 0 radical (unpaired) electrons. The van der Waals surface area contributed by atoms with Crippen molar-refractivity contribution in [2.75, 3.05) is 13.2 Å². The Kier molecular flexibility index (Phi) is 3.25. The van der Waals surface area contributed by atoms with E-state index in [4.69, 9.17) is 10.5 Å². The molecule has 0 aliphatic heterocycles. The largest absolute Gasteiger partial charge is 0.380 e. The smallest absolute Gasteiger partial charge is 0.0815 e. The zero-order valence-electron chi connectivity index (χ0n) is 7.53. The normalized spacial score (nSPS) is 13.2. The van der Waals surface area contributed by atoms with Gasteiger partial charge >= 0.3 is 0 Å². The van der Waals surface area contributed by atoms with Crippen molar-refractivity contribution in [1.82, 2.24) is 9.78 Å². The fraction of sp³-hybridized carbons (Fsp3) is 0.625. The predicted octanol–water partition coefficient (Wildman–Crippen LogP) is 0.456. The Labute approximate surface area is 72.3 Å². The lowest BCUT2D eigenvalue weighted by Crippen LogP contribution is -2.17. The van der Waals surface area contributed by atoms with Crippen molar-refractivity contribution >= 4 is 0 Å². The maximum atomic E-state index is 5.79. The van der Waals surface area contributed by atoms with Gasteiger partial charge in [-0.3, -0.25) is 4.68 Å². The Morgan fingerprint density at radius 1 is 1.75 bits per heavy atom. The molecule has 0 saturated heterocycles. The fourth-order valence-electron chi connectivity index (χ4n) is 0.961. The number of rotatable bonds is 4. The molecule has 1 atom stereocenters. The van der Waals surface area contributed by atoms with E-state index in [-0.39, 0.29) is 6.04 Å². The lowest BCUT2D eigenvalue weighted by molar-refractivity contribution is 0.132. The van der Waals surface area contributed by atoms with Crippen LogP contribution in [0.4, 0.5) is 0 Å². The third kappa shape index (κ3) is 2.32. The van der Waals surface area contributed by atoms with Crippen molar-refractivity contribution in [2.45, 2.75) is 13.0 Å². The highest BCUT2D eigenvalue weighted by molar-refractivity contribution is 5.04. The zero-order valence-corrected chi connectivity index (χ0v) is 7.53. The van der Waals surface area contributed by atoms with Crippen LogP contribution in [0.5, 0.6) is 0 Å². The summed E-state index contributed by atoms with van der Waals surface area (Å²) in [5, 5.41) is 4.18. The monoisotopic (exact) mass is 169 g/mol. The highest BCUT2D eigenvalue weighted by atomic mass is 16.5. The quantitative estimate of drug-likeness (QED) is 0.712. The van der Waals surface area contributed by atoms with Gasteiger partial charge in [0.25, 0.3) is 0 Å². The number of ether oxygens (including phenoxy) is 1. The van der Waals surface area contributed by atoms with Crippen LogP contribution in [-0.4, -0.2) is 23.0 Å². The molecule has 4 heteroatoms. The zero-order chi connectivity index (χ0) is 8.97. The van der Waals surface area contributed by atoms with Gasteiger partial charge in [0.05, 0.1) is 18.3 Å². The minimum absolute atomic E-state index is 0.105. The van der Waals surface area contributed by atoms with Crippen LogP contribution in [0.25, 0.3) is 0 Å². The van der Waals surface area contributed by atoms with Gasteiger partial charge < -0.3 is 10.5 Å². The van der Waals surface area contributed by atoms with Gasteiger partial charge in [-0.2, -0.15) is 5.10 Å². The van der Waals surface area contributed by atoms with Crippen molar-refractivity contribution in [1.29, 1.82) is 0 Å². The van der Waals surface area contributed by atoms with Crippen molar-refractivity contribution in [3.05, 3.63) is 18.0 Å². The summed E-state index contributed by atoms with van der Waals surface area (Å²) in [7, 11) is 1.87. The number of aromatic nitrogens is 2. The van der Waals surface area contributed by atoms with Gasteiger partial charge in [0, 0.05) is 19.9 Å². The van der Waals surface area contributed by atoms with E-state index in [2.05, 4.69) is 5.10 Å². The molecule has 1 rings (SSSR count). The molecule has 0 amide bonds. The van der Waals surface area contributed by atoms with Gasteiger partial charge in [-0.05, 0) is 13.0 Å². The summed E-state index contributed by atoms with van der Waals surface area (Å²) in [6.07, 6.45) is 1.88. The van der Waals surface area contributed by atoms with Crippen molar-refractivity contribution in [3.63, 3.8) is 0 Å². The second kappa shape index (κ2) is 4.23. The van der Waals surface area contributed by atoms with Gasteiger partial charge in [-0.15, -0.1) is 0 Å². The third-order valence-electron chi connectivity index (χ3n) is 1.62. The minimum Gasteiger partial charge on any atom is -0.380 e. The van der Waals surface area contributed by atoms with Crippen LogP contribution in [0.15, 0.2) is 12.3 Å². The number of nitrogens with zero attached hydrogens (tertiary/aromatic N) is 2. The van der Waals surface area contributed by atoms with Crippen LogP contribution in [0.3, 0.4) is 0 Å². The van der Waals surface area contributed by atoms with Crippen molar-refractivity contribution in [3.8, 4) is 0 Å². The maximum absolute atomic E-state index is 5.79.